The minimum absolute atomic E-state index is 0.0480. The third-order valence-electron chi connectivity index (χ3n) is 3.75. The zero-order chi connectivity index (χ0) is 15.0. The van der Waals surface area contributed by atoms with Gasteiger partial charge < -0.3 is 10.1 Å². The van der Waals surface area contributed by atoms with E-state index in [0.717, 1.165) is 35.9 Å². The van der Waals surface area contributed by atoms with Crippen LogP contribution in [0.25, 0.3) is 4.96 Å². The number of rotatable bonds is 4. The first-order valence-electron chi connectivity index (χ1n) is 7.32. The molecule has 0 saturated carbocycles. The van der Waals surface area contributed by atoms with E-state index in [1.165, 1.54) is 11.3 Å². The molecule has 1 saturated heterocycles. The summed E-state index contributed by atoms with van der Waals surface area (Å²) < 4.78 is 7.51. The van der Waals surface area contributed by atoms with Gasteiger partial charge in [-0.05, 0) is 19.8 Å². The van der Waals surface area contributed by atoms with Crippen LogP contribution >= 0.6 is 11.3 Å². The Labute approximate surface area is 127 Å². The Kier molecular flexibility index (Phi) is 3.95. The lowest BCUT2D eigenvalue weighted by molar-refractivity contribution is 0.0860. The van der Waals surface area contributed by atoms with Crippen LogP contribution < -0.4 is 5.32 Å². The Morgan fingerprint density at radius 2 is 2.33 bits per heavy atom. The molecule has 2 aromatic rings. The van der Waals surface area contributed by atoms with Crippen LogP contribution in [0, 0.1) is 6.92 Å². The second kappa shape index (κ2) is 5.73. The molecule has 1 N–H and O–H groups in total. The lowest BCUT2D eigenvalue weighted by Gasteiger charge is -2.10. The molecule has 0 bridgehead atoms. The van der Waals surface area contributed by atoms with Gasteiger partial charge in [-0.15, -0.1) is 10.2 Å². The normalized spacial score (nSPS) is 18.8. The van der Waals surface area contributed by atoms with E-state index in [1.807, 2.05) is 11.3 Å². The summed E-state index contributed by atoms with van der Waals surface area (Å²) in [5.74, 6) is 1.13. The van der Waals surface area contributed by atoms with Crippen molar-refractivity contribution < 1.29 is 9.53 Å². The molecule has 3 heterocycles. The van der Waals surface area contributed by atoms with Crippen LogP contribution in [0.4, 0.5) is 0 Å². The van der Waals surface area contributed by atoms with Gasteiger partial charge in [0, 0.05) is 24.8 Å². The first-order valence-corrected chi connectivity index (χ1v) is 8.13. The highest BCUT2D eigenvalue weighted by molar-refractivity contribution is 7.19. The Hall–Kier alpha value is -1.47. The van der Waals surface area contributed by atoms with Crippen LogP contribution in [0.1, 0.15) is 53.8 Å². The summed E-state index contributed by atoms with van der Waals surface area (Å²) in [6.07, 6.45) is 2.26. The van der Waals surface area contributed by atoms with Gasteiger partial charge >= 0.3 is 0 Å². The van der Waals surface area contributed by atoms with E-state index < -0.39 is 0 Å². The van der Waals surface area contributed by atoms with E-state index in [0.29, 0.717) is 11.4 Å². The number of amides is 1. The molecule has 1 atom stereocenters. The van der Waals surface area contributed by atoms with Crippen molar-refractivity contribution in [1.29, 1.82) is 0 Å². The predicted octanol–water partition coefficient (Wildman–Crippen LogP) is 2.13. The monoisotopic (exact) mass is 308 g/mol. The van der Waals surface area contributed by atoms with Gasteiger partial charge in [0.15, 0.2) is 0 Å². The maximum Gasteiger partial charge on any atom is 0.263 e. The van der Waals surface area contributed by atoms with Crippen molar-refractivity contribution in [2.45, 2.75) is 45.6 Å². The summed E-state index contributed by atoms with van der Waals surface area (Å²) in [6, 6.07) is 0. The molecule has 0 spiro atoms. The molecular weight excluding hydrogens is 288 g/mol. The van der Waals surface area contributed by atoms with E-state index in [1.54, 1.807) is 0 Å². The lowest BCUT2D eigenvalue weighted by Crippen LogP contribution is -2.31. The predicted molar refractivity (Wildman–Crippen MR) is 81.0 cm³/mol. The Morgan fingerprint density at radius 3 is 3.00 bits per heavy atom. The zero-order valence-corrected chi connectivity index (χ0v) is 13.4. The fraction of sp³-hybridized carbons (Fsp3) is 0.643. The van der Waals surface area contributed by atoms with Crippen molar-refractivity contribution in [3.05, 3.63) is 16.4 Å². The van der Waals surface area contributed by atoms with E-state index in [-0.39, 0.29) is 17.9 Å². The molecule has 1 aliphatic heterocycles. The molecule has 0 radical (unpaired) electrons. The van der Waals surface area contributed by atoms with E-state index in [2.05, 4.69) is 29.4 Å². The van der Waals surface area contributed by atoms with Gasteiger partial charge in [0.1, 0.15) is 10.7 Å². The van der Waals surface area contributed by atoms with Crippen LogP contribution in [-0.2, 0) is 4.74 Å². The average Bonchev–Trinajstić information content (AvgIpc) is 3.14. The van der Waals surface area contributed by atoms with Gasteiger partial charge in [-0.2, -0.15) is 0 Å². The number of aromatic nitrogens is 3. The molecule has 21 heavy (non-hydrogen) atoms. The summed E-state index contributed by atoms with van der Waals surface area (Å²) in [6.45, 7) is 7.47. The van der Waals surface area contributed by atoms with Crippen molar-refractivity contribution in [2.75, 3.05) is 13.2 Å². The van der Waals surface area contributed by atoms with Crippen molar-refractivity contribution in [1.82, 2.24) is 19.9 Å². The molecule has 7 heteroatoms. The van der Waals surface area contributed by atoms with Gasteiger partial charge in [-0.25, -0.2) is 0 Å². The molecule has 0 aliphatic carbocycles. The number of hydrogen-bond acceptors (Lipinski definition) is 5. The highest BCUT2D eigenvalue weighted by Crippen LogP contribution is 2.25. The van der Waals surface area contributed by atoms with Crippen molar-refractivity contribution >= 4 is 22.2 Å². The maximum absolute atomic E-state index is 12.4. The highest BCUT2D eigenvalue weighted by Gasteiger charge is 2.22. The fourth-order valence-corrected chi connectivity index (χ4v) is 3.60. The van der Waals surface area contributed by atoms with Crippen LogP contribution in [0.5, 0.6) is 0 Å². The summed E-state index contributed by atoms with van der Waals surface area (Å²) in [4.78, 5) is 13.8. The van der Waals surface area contributed by atoms with Crippen molar-refractivity contribution in [3.63, 3.8) is 0 Å². The summed E-state index contributed by atoms with van der Waals surface area (Å²) in [5.41, 5.74) is 0.911. The number of thiazole rings is 1. The highest BCUT2D eigenvalue weighted by atomic mass is 32.1. The standard InChI is InChI=1S/C14H20N4O2S/c1-8(2)12-16-17-14-18(12)9(3)11(21-14)13(19)15-7-10-5-4-6-20-10/h8,10H,4-7H2,1-3H3,(H,15,19). The molecule has 2 aromatic heterocycles. The molecule has 1 aliphatic rings. The third kappa shape index (κ3) is 2.67. The topological polar surface area (TPSA) is 68.5 Å². The first-order chi connectivity index (χ1) is 10.1. The molecule has 114 valence electrons. The SMILES string of the molecule is Cc1c(C(=O)NCC2CCCO2)sc2nnc(C(C)C)n12. The van der Waals surface area contributed by atoms with Gasteiger partial charge in [0.25, 0.3) is 5.91 Å². The first kappa shape index (κ1) is 14.5. The van der Waals surface area contributed by atoms with Gasteiger partial charge in [0.05, 0.1) is 6.10 Å². The fourth-order valence-electron chi connectivity index (χ4n) is 2.61. The molecule has 3 rings (SSSR count). The molecular formula is C14H20N4O2S. The lowest BCUT2D eigenvalue weighted by atomic mass is 10.2. The van der Waals surface area contributed by atoms with E-state index in [9.17, 15) is 4.79 Å². The molecule has 0 aromatic carbocycles. The minimum Gasteiger partial charge on any atom is -0.376 e. The number of fused-ring (bicyclic) bond motifs is 1. The second-order valence-corrected chi connectivity index (χ2v) is 6.67. The number of carbonyl (C=O) groups excluding carboxylic acids is 1. The second-order valence-electron chi connectivity index (χ2n) is 5.69. The van der Waals surface area contributed by atoms with Crippen LogP contribution in [0.15, 0.2) is 0 Å². The third-order valence-corrected chi connectivity index (χ3v) is 4.88. The maximum atomic E-state index is 12.4. The summed E-state index contributed by atoms with van der Waals surface area (Å²) in [5, 5.41) is 11.3. The average molecular weight is 308 g/mol. The van der Waals surface area contributed by atoms with E-state index >= 15 is 0 Å². The Bertz CT molecular complexity index is 655. The number of nitrogens with one attached hydrogen (secondary N) is 1. The Balaban J connectivity index is 1.79. The summed E-state index contributed by atoms with van der Waals surface area (Å²) >= 11 is 1.39. The van der Waals surface area contributed by atoms with Crippen molar-refractivity contribution in [3.8, 4) is 0 Å². The number of ether oxygens (including phenoxy) is 1. The van der Waals surface area contributed by atoms with Gasteiger partial charge in [-0.3, -0.25) is 9.20 Å². The number of nitrogens with zero attached hydrogens (tertiary/aromatic N) is 3. The largest absolute Gasteiger partial charge is 0.376 e. The number of hydrogen-bond donors (Lipinski definition) is 1. The molecule has 1 unspecified atom stereocenters. The summed E-state index contributed by atoms with van der Waals surface area (Å²) in [7, 11) is 0. The molecule has 1 amide bonds. The quantitative estimate of drug-likeness (QED) is 0.939. The van der Waals surface area contributed by atoms with Gasteiger partial charge in [-0.1, -0.05) is 25.2 Å². The van der Waals surface area contributed by atoms with Crippen molar-refractivity contribution in [2.24, 2.45) is 0 Å². The van der Waals surface area contributed by atoms with Gasteiger partial charge in [0.2, 0.25) is 4.96 Å². The van der Waals surface area contributed by atoms with Crippen LogP contribution in [0.3, 0.4) is 0 Å². The van der Waals surface area contributed by atoms with Crippen LogP contribution in [-0.4, -0.2) is 39.8 Å². The molecule has 6 nitrogen and oxygen atoms in total. The number of aryl methyl sites for hydroxylation is 1. The molecule has 1 fully saturated rings. The van der Waals surface area contributed by atoms with E-state index in [4.69, 9.17) is 4.74 Å². The number of carbonyl (C=O) groups is 1. The Morgan fingerprint density at radius 1 is 1.52 bits per heavy atom. The minimum atomic E-state index is -0.0480. The van der Waals surface area contributed by atoms with Crippen LogP contribution in [0.2, 0.25) is 0 Å². The smallest absolute Gasteiger partial charge is 0.263 e. The zero-order valence-electron chi connectivity index (χ0n) is 12.5.